The average Bonchev–Trinajstić information content (AvgIpc) is 2.80. The number of benzene rings is 2. The van der Waals surface area contributed by atoms with Crippen LogP contribution in [0.4, 0.5) is 4.39 Å². The molecule has 2 aromatic rings. The predicted molar refractivity (Wildman–Crippen MR) is 79.7 cm³/mol. The van der Waals surface area contributed by atoms with Crippen molar-refractivity contribution in [3.63, 3.8) is 0 Å². The van der Waals surface area contributed by atoms with Crippen LogP contribution in [0, 0.1) is 5.82 Å². The number of nitrogens with zero attached hydrogens (tertiary/aromatic N) is 1. The van der Waals surface area contributed by atoms with Crippen molar-refractivity contribution in [2.24, 2.45) is 0 Å². The molecule has 1 aliphatic rings. The summed E-state index contributed by atoms with van der Waals surface area (Å²) in [6, 6.07) is 12.3. The number of hydrogen-bond donors (Lipinski definition) is 1. The Kier molecular flexibility index (Phi) is 4.08. The number of halogens is 1. The highest BCUT2D eigenvalue weighted by molar-refractivity contribution is 6.21. The van der Waals surface area contributed by atoms with E-state index in [9.17, 15) is 19.1 Å². The summed E-state index contributed by atoms with van der Waals surface area (Å²) in [6.07, 6.45) is -1.11. The minimum atomic E-state index is -1.11. The van der Waals surface area contributed by atoms with Crippen LogP contribution in [0.25, 0.3) is 0 Å². The first-order chi connectivity index (χ1) is 11.1. The third-order valence-electron chi connectivity index (χ3n) is 3.54. The normalized spacial score (nSPS) is 14.8. The zero-order valence-electron chi connectivity index (χ0n) is 12.1. The molecule has 6 heteroatoms. The summed E-state index contributed by atoms with van der Waals surface area (Å²) in [6.45, 7) is -0.435. The summed E-state index contributed by atoms with van der Waals surface area (Å²) in [5, 5.41) is 9.98. The quantitative estimate of drug-likeness (QED) is 0.855. The maximum atomic E-state index is 13.4. The first-order valence-corrected chi connectivity index (χ1v) is 7.08. The van der Waals surface area contributed by atoms with E-state index >= 15 is 0 Å². The highest BCUT2D eigenvalue weighted by Crippen LogP contribution is 2.22. The predicted octanol–water partition coefficient (Wildman–Crippen LogP) is 1.86. The third kappa shape index (κ3) is 2.93. The van der Waals surface area contributed by atoms with Crippen molar-refractivity contribution >= 4 is 11.8 Å². The molecule has 2 amide bonds. The van der Waals surface area contributed by atoms with Gasteiger partial charge in [-0.05, 0) is 24.3 Å². The fourth-order valence-electron chi connectivity index (χ4n) is 2.42. The van der Waals surface area contributed by atoms with Crippen LogP contribution >= 0.6 is 0 Å². The van der Waals surface area contributed by atoms with Crippen LogP contribution in [-0.2, 0) is 0 Å². The lowest BCUT2D eigenvalue weighted by Crippen LogP contribution is -2.39. The van der Waals surface area contributed by atoms with Gasteiger partial charge < -0.3 is 9.84 Å². The Balaban J connectivity index is 1.63. The number of amides is 2. The van der Waals surface area contributed by atoms with Crippen LogP contribution in [0.15, 0.2) is 48.5 Å². The van der Waals surface area contributed by atoms with Gasteiger partial charge in [-0.2, -0.15) is 0 Å². The first kappa shape index (κ1) is 15.2. The Bertz CT molecular complexity index is 727. The van der Waals surface area contributed by atoms with Crippen molar-refractivity contribution in [2.75, 3.05) is 13.2 Å². The molecular weight excluding hydrogens is 301 g/mol. The minimum Gasteiger partial charge on any atom is -0.488 e. The number of carbonyl (C=O) groups is 2. The van der Waals surface area contributed by atoms with Gasteiger partial charge in [0.1, 0.15) is 12.7 Å². The van der Waals surface area contributed by atoms with Gasteiger partial charge >= 0.3 is 0 Å². The molecule has 3 rings (SSSR count). The molecule has 2 aromatic carbocycles. The smallest absolute Gasteiger partial charge is 0.261 e. The fraction of sp³-hybridized carbons (Fsp3) is 0.176. The van der Waals surface area contributed by atoms with E-state index in [0.29, 0.717) is 11.1 Å². The largest absolute Gasteiger partial charge is 0.488 e. The van der Waals surface area contributed by atoms with Gasteiger partial charge in [-0.1, -0.05) is 24.3 Å². The van der Waals surface area contributed by atoms with Gasteiger partial charge in [0.15, 0.2) is 11.6 Å². The van der Waals surface area contributed by atoms with Crippen LogP contribution in [0.1, 0.15) is 20.7 Å². The van der Waals surface area contributed by atoms with Crippen LogP contribution < -0.4 is 4.74 Å². The molecule has 0 saturated carbocycles. The number of aliphatic hydroxyl groups is 1. The lowest BCUT2D eigenvalue weighted by Gasteiger charge is -2.19. The second kappa shape index (κ2) is 6.18. The van der Waals surface area contributed by atoms with E-state index in [1.54, 1.807) is 30.3 Å². The highest BCUT2D eigenvalue weighted by atomic mass is 19.1. The van der Waals surface area contributed by atoms with Crippen LogP contribution in [-0.4, -0.2) is 41.1 Å². The van der Waals surface area contributed by atoms with Crippen molar-refractivity contribution in [2.45, 2.75) is 6.10 Å². The van der Waals surface area contributed by atoms with Crippen molar-refractivity contribution in [1.29, 1.82) is 0 Å². The molecule has 0 aromatic heterocycles. The van der Waals surface area contributed by atoms with Crippen molar-refractivity contribution in [3.05, 3.63) is 65.5 Å². The van der Waals surface area contributed by atoms with E-state index in [0.717, 1.165) is 4.90 Å². The molecule has 1 heterocycles. The van der Waals surface area contributed by atoms with E-state index in [1.807, 2.05) is 0 Å². The number of imide groups is 1. The summed E-state index contributed by atoms with van der Waals surface area (Å²) in [5.74, 6) is -1.43. The zero-order chi connectivity index (χ0) is 16.4. The summed E-state index contributed by atoms with van der Waals surface area (Å²) < 4.78 is 18.6. The van der Waals surface area contributed by atoms with E-state index in [1.165, 1.54) is 18.2 Å². The second-order valence-corrected chi connectivity index (χ2v) is 5.16. The fourth-order valence-corrected chi connectivity index (χ4v) is 2.42. The molecule has 0 fully saturated rings. The Hall–Kier alpha value is -2.73. The Morgan fingerprint density at radius 2 is 1.57 bits per heavy atom. The molecule has 1 aliphatic heterocycles. The molecule has 23 heavy (non-hydrogen) atoms. The average molecular weight is 315 g/mol. The van der Waals surface area contributed by atoms with Crippen molar-refractivity contribution < 1.29 is 23.8 Å². The summed E-state index contributed by atoms with van der Waals surface area (Å²) in [4.78, 5) is 25.3. The number of ether oxygens (including phenoxy) is 1. The molecule has 0 saturated heterocycles. The van der Waals surface area contributed by atoms with Crippen LogP contribution in [0.2, 0.25) is 0 Å². The number of para-hydroxylation sites is 1. The van der Waals surface area contributed by atoms with E-state index in [-0.39, 0.29) is 18.9 Å². The number of fused-ring (bicyclic) bond motifs is 1. The standard InChI is InChI=1S/C17H14FNO4/c18-14-7-3-4-8-15(14)23-10-11(20)9-19-16(21)12-5-1-2-6-13(12)17(19)22/h1-8,11,20H,9-10H2. The maximum absolute atomic E-state index is 13.4. The first-order valence-electron chi connectivity index (χ1n) is 7.08. The molecule has 1 N–H and O–H groups in total. The Labute approximate surface area is 131 Å². The SMILES string of the molecule is O=C1c2ccccc2C(=O)N1CC(O)COc1ccccc1F. The number of β-amino-alcohol motifs (C(OH)–C–C–N with tert-alkyl or cyclic N) is 1. The lowest BCUT2D eigenvalue weighted by atomic mass is 10.1. The summed E-state index contributed by atoms with van der Waals surface area (Å²) in [7, 11) is 0. The monoisotopic (exact) mass is 315 g/mol. The van der Waals surface area contributed by atoms with Crippen LogP contribution in [0.5, 0.6) is 5.75 Å². The molecular formula is C17H14FNO4. The van der Waals surface area contributed by atoms with Gasteiger partial charge in [0.25, 0.3) is 11.8 Å². The third-order valence-corrected chi connectivity index (χ3v) is 3.54. The number of hydrogen-bond acceptors (Lipinski definition) is 4. The molecule has 118 valence electrons. The molecule has 1 unspecified atom stereocenters. The topological polar surface area (TPSA) is 66.8 Å². The molecule has 0 bridgehead atoms. The van der Waals surface area contributed by atoms with Gasteiger partial charge in [0.05, 0.1) is 17.7 Å². The van der Waals surface area contributed by atoms with Gasteiger partial charge in [0, 0.05) is 0 Å². The second-order valence-electron chi connectivity index (χ2n) is 5.16. The lowest BCUT2D eigenvalue weighted by molar-refractivity contribution is 0.0452. The van der Waals surface area contributed by atoms with E-state index in [2.05, 4.69) is 0 Å². The number of carbonyl (C=O) groups excluding carboxylic acids is 2. The van der Waals surface area contributed by atoms with Gasteiger partial charge in [-0.3, -0.25) is 14.5 Å². The molecule has 0 aliphatic carbocycles. The molecule has 5 nitrogen and oxygen atoms in total. The minimum absolute atomic E-state index is 0.00825. The van der Waals surface area contributed by atoms with E-state index < -0.39 is 23.7 Å². The van der Waals surface area contributed by atoms with Gasteiger partial charge in [-0.15, -0.1) is 0 Å². The molecule has 0 spiro atoms. The van der Waals surface area contributed by atoms with Gasteiger partial charge in [0.2, 0.25) is 0 Å². The van der Waals surface area contributed by atoms with Gasteiger partial charge in [-0.25, -0.2) is 4.39 Å². The number of rotatable bonds is 5. The Morgan fingerprint density at radius 3 is 2.17 bits per heavy atom. The summed E-state index contributed by atoms with van der Waals surface area (Å²) in [5.41, 5.74) is 0.638. The summed E-state index contributed by atoms with van der Waals surface area (Å²) >= 11 is 0. The molecule has 1 atom stereocenters. The van der Waals surface area contributed by atoms with Crippen molar-refractivity contribution in [1.82, 2.24) is 4.90 Å². The zero-order valence-corrected chi connectivity index (χ0v) is 12.1. The van der Waals surface area contributed by atoms with Crippen LogP contribution in [0.3, 0.4) is 0 Å². The Morgan fingerprint density at radius 1 is 1.00 bits per heavy atom. The molecule has 0 radical (unpaired) electrons. The number of aliphatic hydroxyl groups excluding tert-OH is 1. The maximum Gasteiger partial charge on any atom is 0.261 e. The van der Waals surface area contributed by atoms with Crippen molar-refractivity contribution in [3.8, 4) is 5.75 Å². The van der Waals surface area contributed by atoms with E-state index in [4.69, 9.17) is 4.74 Å². The highest BCUT2D eigenvalue weighted by Gasteiger charge is 2.36.